The molecule has 2 rings (SSSR count). The molecule has 94 valence electrons. The molecule has 0 saturated carbocycles. The maximum absolute atomic E-state index is 11.5. The number of nitrogens with one attached hydrogen (secondary N) is 3. The lowest BCUT2D eigenvalue weighted by molar-refractivity contribution is 0.402. The van der Waals surface area contributed by atoms with Crippen molar-refractivity contribution in [1.82, 2.24) is 20.5 Å². The van der Waals surface area contributed by atoms with E-state index in [1.165, 1.54) is 12.8 Å². The van der Waals surface area contributed by atoms with Crippen molar-refractivity contribution in [2.24, 2.45) is 0 Å². The molecule has 0 aliphatic carbocycles. The first-order valence-corrected chi connectivity index (χ1v) is 5.80. The summed E-state index contributed by atoms with van der Waals surface area (Å²) in [5.41, 5.74) is -1.03. The molecule has 7 heteroatoms. The summed E-state index contributed by atoms with van der Waals surface area (Å²) in [4.78, 5) is 26.3. The fourth-order valence-electron chi connectivity index (χ4n) is 2.10. The summed E-state index contributed by atoms with van der Waals surface area (Å²) >= 11 is 0. The van der Waals surface area contributed by atoms with Gasteiger partial charge in [0.25, 0.3) is 5.56 Å². The van der Waals surface area contributed by atoms with Crippen LogP contribution < -0.4 is 21.5 Å². The zero-order valence-electron chi connectivity index (χ0n) is 9.82. The minimum absolute atomic E-state index is 0.247. The van der Waals surface area contributed by atoms with E-state index in [2.05, 4.69) is 20.5 Å². The average molecular weight is 239 g/mol. The van der Waals surface area contributed by atoms with Crippen molar-refractivity contribution in [2.75, 3.05) is 25.0 Å². The predicted octanol–water partition coefficient (Wildman–Crippen LogP) is -0.963. The van der Waals surface area contributed by atoms with Crippen molar-refractivity contribution in [3.63, 3.8) is 0 Å². The minimum Gasteiger partial charge on any atom is -0.352 e. The zero-order chi connectivity index (χ0) is 12.3. The van der Waals surface area contributed by atoms with Gasteiger partial charge in [-0.2, -0.15) is 0 Å². The number of aromatic amines is 2. The van der Waals surface area contributed by atoms with Gasteiger partial charge in [-0.15, -0.1) is 5.10 Å². The maximum Gasteiger partial charge on any atom is 0.342 e. The highest BCUT2D eigenvalue weighted by molar-refractivity contribution is 5.32. The Hall–Kier alpha value is -1.63. The van der Waals surface area contributed by atoms with E-state index in [1.807, 2.05) is 0 Å². The van der Waals surface area contributed by atoms with Crippen molar-refractivity contribution in [1.29, 1.82) is 0 Å². The van der Waals surface area contributed by atoms with E-state index in [1.54, 1.807) is 11.9 Å². The summed E-state index contributed by atoms with van der Waals surface area (Å²) in [6.45, 7) is 1.73. The van der Waals surface area contributed by atoms with Crippen LogP contribution in [0.25, 0.3) is 0 Å². The topological polar surface area (TPSA) is 93.9 Å². The van der Waals surface area contributed by atoms with Gasteiger partial charge in [-0.05, 0) is 19.4 Å². The molecule has 1 aliphatic heterocycles. The number of aromatic nitrogens is 3. The molecular formula is C10H17N5O2. The molecule has 1 fully saturated rings. The summed E-state index contributed by atoms with van der Waals surface area (Å²) in [7, 11) is 1.80. The van der Waals surface area contributed by atoms with Crippen LogP contribution in [0.3, 0.4) is 0 Å². The Labute approximate surface area is 98.2 Å². The van der Waals surface area contributed by atoms with E-state index < -0.39 is 11.2 Å². The average Bonchev–Trinajstić information content (AvgIpc) is 2.30. The van der Waals surface area contributed by atoms with Crippen LogP contribution in [0.1, 0.15) is 19.3 Å². The smallest absolute Gasteiger partial charge is 0.342 e. The molecule has 1 unspecified atom stereocenters. The summed E-state index contributed by atoms with van der Waals surface area (Å²) in [5, 5.41) is 9.39. The molecule has 0 amide bonds. The lowest BCUT2D eigenvalue weighted by Gasteiger charge is -2.28. The van der Waals surface area contributed by atoms with E-state index in [0.717, 1.165) is 13.0 Å². The van der Waals surface area contributed by atoms with Gasteiger partial charge in [0.1, 0.15) is 0 Å². The second-order valence-corrected chi connectivity index (χ2v) is 4.36. The van der Waals surface area contributed by atoms with Crippen LogP contribution in [-0.4, -0.2) is 41.4 Å². The van der Waals surface area contributed by atoms with Gasteiger partial charge >= 0.3 is 5.69 Å². The highest BCUT2D eigenvalue weighted by Gasteiger charge is 2.17. The summed E-state index contributed by atoms with van der Waals surface area (Å²) in [5.74, 6) is 0.247. The number of hydrogen-bond donors (Lipinski definition) is 3. The van der Waals surface area contributed by atoms with E-state index in [0.29, 0.717) is 12.6 Å². The van der Waals surface area contributed by atoms with Crippen LogP contribution in [-0.2, 0) is 0 Å². The molecule has 1 aromatic heterocycles. The van der Waals surface area contributed by atoms with Gasteiger partial charge in [0.05, 0.1) is 0 Å². The third-order valence-corrected chi connectivity index (χ3v) is 2.96. The number of nitrogens with zero attached hydrogens (tertiary/aromatic N) is 2. The first-order valence-electron chi connectivity index (χ1n) is 5.80. The molecule has 0 radical (unpaired) electrons. The number of H-pyrrole nitrogens is 2. The number of piperidine rings is 1. The molecular weight excluding hydrogens is 222 g/mol. The quantitative estimate of drug-likeness (QED) is 0.631. The van der Waals surface area contributed by atoms with E-state index in [4.69, 9.17) is 0 Å². The molecule has 2 heterocycles. The lowest BCUT2D eigenvalue weighted by atomic mass is 10.0. The standard InChI is InChI=1S/C10H17N5O2/c1-15(6-7-4-2-3-5-11-7)8-9(16)12-10(17)14-13-8/h7,11H,2-6H2,1H3,(H2,12,14,16,17). The van der Waals surface area contributed by atoms with Crippen LogP contribution in [0.15, 0.2) is 9.59 Å². The molecule has 7 nitrogen and oxygen atoms in total. The van der Waals surface area contributed by atoms with Gasteiger partial charge in [-0.1, -0.05) is 6.42 Å². The van der Waals surface area contributed by atoms with Crippen LogP contribution in [0, 0.1) is 0 Å². The third-order valence-electron chi connectivity index (χ3n) is 2.96. The van der Waals surface area contributed by atoms with Gasteiger partial charge in [0.2, 0.25) is 5.82 Å². The molecule has 0 spiro atoms. The second kappa shape index (κ2) is 5.13. The van der Waals surface area contributed by atoms with Crippen LogP contribution in [0.5, 0.6) is 0 Å². The van der Waals surface area contributed by atoms with Crippen LogP contribution in [0.2, 0.25) is 0 Å². The highest BCUT2D eigenvalue weighted by Crippen LogP contribution is 2.09. The van der Waals surface area contributed by atoms with Crippen LogP contribution in [0.4, 0.5) is 5.82 Å². The highest BCUT2D eigenvalue weighted by atomic mass is 16.2. The van der Waals surface area contributed by atoms with Crippen molar-refractivity contribution in [2.45, 2.75) is 25.3 Å². The Morgan fingerprint density at radius 1 is 1.41 bits per heavy atom. The Balaban J connectivity index is 2.05. The summed E-state index contributed by atoms with van der Waals surface area (Å²) < 4.78 is 0. The van der Waals surface area contributed by atoms with Gasteiger partial charge in [0.15, 0.2) is 0 Å². The van der Waals surface area contributed by atoms with Crippen molar-refractivity contribution in [3.8, 4) is 0 Å². The van der Waals surface area contributed by atoms with Gasteiger partial charge in [-0.3, -0.25) is 9.78 Å². The molecule has 17 heavy (non-hydrogen) atoms. The fraction of sp³-hybridized carbons (Fsp3) is 0.700. The Kier molecular flexibility index (Phi) is 3.58. The maximum atomic E-state index is 11.5. The normalized spacial score (nSPS) is 20.2. The lowest BCUT2D eigenvalue weighted by Crippen LogP contribution is -2.44. The molecule has 3 N–H and O–H groups in total. The Morgan fingerprint density at radius 3 is 2.88 bits per heavy atom. The summed E-state index contributed by atoms with van der Waals surface area (Å²) in [6, 6.07) is 0.377. The molecule has 0 bridgehead atoms. The molecule has 1 aliphatic rings. The molecule has 1 saturated heterocycles. The fourth-order valence-corrected chi connectivity index (χ4v) is 2.10. The van der Waals surface area contributed by atoms with Crippen molar-refractivity contribution >= 4 is 5.82 Å². The first-order chi connectivity index (χ1) is 8.16. The monoisotopic (exact) mass is 239 g/mol. The minimum atomic E-state index is -0.581. The molecule has 0 aromatic carbocycles. The zero-order valence-corrected chi connectivity index (χ0v) is 9.82. The first kappa shape index (κ1) is 11.8. The molecule has 1 aromatic rings. The summed E-state index contributed by atoms with van der Waals surface area (Å²) in [6.07, 6.45) is 3.52. The largest absolute Gasteiger partial charge is 0.352 e. The Bertz CT molecular complexity index is 474. The number of likely N-dealkylation sites (N-methyl/N-ethyl adjacent to an activating group) is 1. The predicted molar refractivity (Wildman–Crippen MR) is 64.4 cm³/mol. The molecule has 1 atom stereocenters. The van der Waals surface area contributed by atoms with Gasteiger partial charge < -0.3 is 10.2 Å². The van der Waals surface area contributed by atoms with Crippen molar-refractivity contribution in [3.05, 3.63) is 20.8 Å². The number of anilines is 1. The number of hydrogen-bond acceptors (Lipinski definition) is 5. The third kappa shape index (κ3) is 2.94. The second-order valence-electron chi connectivity index (χ2n) is 4.36. The number of rotatable bonds is 3. The van der Waals surface area contributed by atoms with Crippen LogP contribution >= 0.6 is 0 Å². The van der Waals surface area contributed by atoms with E-state index >= 15 is 0 Å². The van der Waals surface area contributed by atoms with Gasteiger partial charge in [0, 0.05) is 19.6 Å². The SMILES string of the molecule is CN(CC1CCCCN1)c1n[nH]c(=O)[nH]c1=O. The van der Waals surface area contributed by atoms with E-state index in [-0.39, 0.29) is 5.82 Å². The van der Waals surface area contributed by atoms with Gasteiger partial charge in [-0.25, -0.2) is 9.89 Å². The Morgan fingerprint density at radius 2 is 2.24 bits per heavy atom. The van der Waals surface area contributed by atoms with E-state index in [9.17, 15) is 9.59 Å². The van der Waals surface area contributed by atoms with Crippen molar-refractivity contribution < 1.29 is 0 Å².